The summed E-state index contributed by atoms with van der Waals surface area (Å²) in [4.78, 5) is 0.820. The summed E-state index contributed by atoms with van der Waals surface area (Å²) >= 11 is 1.44. The molecule has 0 spiro atoms. The fraction of sp³-hybridized carbons (Fsp3) is 0.294. The molecule has 138 valence electrons. The van der Waals surface area contributed by atoms with Crippen LogP contribution >= 0.6 is 11.8 Å². The number of halogens is 2. The third-order valence-corrected chi connectivity index (χ3v) is 4.65. The van der Waals surface area contributed by atoms with Gasteiger partial charge < -0.3 is 9.84 Å². The van der Waals surface area contributed by atoms with Gasteiger partial charge in [0.15, 0.2) is 0 Å². The third kappa shape index (κ3) is 4.05. The van der Waals surface area contributed by atoms with E-state index in [4.69, 9.17) is 4.74 Å². The first-order chi connectivity index (χ1) is 12.5. The van der Waals surface area contributed by atoms with Crippen LogP contribution in [0.2, 0.25) is 0 Å². The summed E-state index contributed by atoms with van der Waals surface area (Å²) in [6.07, 6.45) is 5.13. The average molecular weight is 380 g/mol. The van der Waals surface area contributed by atoms with Crippen molar-refractivity contribution in [3.05, 3.63) is 42.9 Å². The summed E-state index contributed by atoms with van der Waals surface area (Å²) in [5.74, 6) is 0.0353. The van der Waals surface area contributed by atoms with E-state index in [2.05, 4.69) is 10.2 Å². The van der Waals surface area contributed by atoms with Gasteiger partial charge in [-0.05, 0) is 24.3 Å². The second-order valence-corrected chi connectivity index (χ2v) is 7.15. The van der Waals surface area contributed by atoms with Crippen molar-refractivity contribution in [3.8, 4) is 22.7 Å². The van der Waals surface area contributed by atoms with E-state index >= 15 is 0 Å². The van der Waals surface area contributed by atoms with Crippen molar-refractivity contribution in [3.63, 3.8) is 0 Å². The number of alkyl halides is 2. The maximum atomic E-state index is 12.9. The van der Waals surface area contributed by atoms with Crippen molar-refractivity contribution in [2.75, 3.05) is 6.61 Å². The van der Waals surface area contributed by atoms with Crippen LogP contribution in [0, 0.1) is 0 Å². The molecular formula is C17H18F2N4O2S. The van der Waals surface area contributed by atoms with Crippen LogP contribution in [0.25, 0.3) is 16.9 Å². The number of hydrogen-bond donors (Lipinski definition) is 1. The largest absolute Gasteiger partial charge is 0.434 e. The van der Waals surface area contributed by atoms with Crippen LogP contribution in [-0.2, 0) is 7.05 Å². The molecule has 0 radical (unpaired) electrons. The first-order valence-electron chi connectivity index (χ1n) is 7.88. The van der Waals surface area contributed by atoms with E-state index in [1.807, 2.05) is 6.92 Å². The van der Waals surface area contributed by atoms with Crippen LogP contribution < -0.4 is 4.74 Å². The Bertz CT molecular complexity index is 868. The third-order valence-electron chi connectivity index (χ3n) is 3.58. The van der Waals surface area contributed by atoms with Crippen molar-refractivity contribution < 1.29 is 18.6 Å². The molecule has 26 heavy (non-hydrogen) atoms. The molecule has 0 saturated heterocycles. The monoisotopic (exact) mass is 380 g/mol. The Labute approximate surface area is 153 Å². The molecule has 9 heteroatoms. The summed E-state index contributed by atoms with van der Waals surface area (Å²) in [7, 11) is 1.75. The van der Waals surface area contributed by atoms with Gasteiger partial charge in [-0.25, -0.2) is 4.68 Å². The highest BCUT2D eigenvalue weighted by molar-refractivity contribution is 8.00. The number of thioether (sulfide) groups is 1. The molecule has 6 nitrogen and oxygen atoms in total. The minimum Gasteiger partial charge on any atom is -0.434 e. The number of aromatic nitrogens is 4. The van der Waals surface area contributed by atoms with Gasteiger partial charge in [0.2, 0.25) is 0 Å². The molecule has 3 aromatic rings. The molecule has 0 aliphatic heterocycles. The molecule has 0 aliphatic carbocycles. The molecule has 0 amide bonds. The summed E-state index contributed by atoms with van der Waals surface area (Å²) in [6, 6.07) is 6.69. The highest BCUT2D eigenvalue weighted by Crippen LogP contribution is 2.37. The van der Waals surface area contributed by atoms with Gasteiger partial charge >= 0.3 is 6.61 Å². The van der Waals surface area contributed by atoms with E-state index in [1.165, 1.54) is 17.8 Å². The van der Waals surface area contributed by atoms with Crippen LogP contribution in [-0.4, -0.2) is 43.1 Å². The van der Waals surface area contributed by atoms with Gasteiger partial charge in [0.05, 0.1) is 12.8 Å². The van der Waals surface area contributed by atoms with Crippen molar-refractivity contribution in [2.45, 2.75) is 23.7 Å². The lowest BCUT2D eigenvalue weighted by atomic mass is 10.1. The Morgan fingerprint density at radius 3 is 2.81 bits per heavy atom. The van der Waals surface area contributed by atoms with E-state index in [9.17, 15) is 13.9 Å². The summed E-state index contributed by atoms with van der Waals surface area (Å²) in [5.41, 5.74) is 1.56. The maximum Gasteiger partial charge on any atom is 0.387 e. The zero-order valence-electron chi connectivity index (χ0n) is 14.2. The Morgan fingerprint density at radius 2 is 2.15 bits per heavy atom. The fourth-order valence-corrected chi connectivity index (χ4v) is 3.35. The predicted molar refractivity (Wildman–Crippen MR) is 94.8 cm³/mol. The second-order valence-electron chi connectivity index (χ2n) is 5.63. The molecule has 3 rings (SSSR count). The second kappa shape index (κ2) is 7.88. The lowest BCUT2D eigenvalue weighted by Gasteiger charge is -2.14. The van der Waals surface area contributed by atoms with E-state index in [0.29, 0.717) is 16.9 Å². The zero-order chi connectivity index (χ0) is 18.7. The quantitative estimate of drug-likeness (QED) is 0.637. The number of rotatable bonds is 7. The summed E-state index contributed by atoms with van der Waals surface area (Å²) < 4.78 is 33.6. The predicted octanol–water partition coefficient (Wildman–Crippen LogP) is 3.35. The minimum atomic E-state index is -2.94. The van der Waals surface area contributed by atoms with Gasteiger partial charge in [0, 0.05) is 35.2 Å². The minimum absolute atomic E-state index is 0.0113. The lowest BCUT2D eigenvalue weighted by molar-refractivity contribution is -0.0494. The average Bonchev–Trinajstić information content (AvgIpc) is 3.24. The van der Waals surface area contributed by atoms with Gasteiger partial charge in [0.1, 0.15) is 17.1 Å². The number of nitrogens with zero attached hydrogens (tertiary/aromatic N) is 4. The fourth-order valence-electron chi connectivity index (χ4n) is 2.48. The van der Waals surface area contributed by atoms with Gasteiger partial charge in [-0.1, -0.05) is 6.92 Å². The summed E-state index contributed by atoms with van der Waals surface area (Å²) in [6.45, 7) is -1.05. The molecule has 0 saturated carbocycles. The Morgan fingerprint density at radius 1 is 1.35 bits per heavy atom. The molecule has 2 aromatic heterocycles. The molecule has 0 bridgehead atoms. The van der Waals surface area contributed by atoms with Gasteiger partial charge in [-0.15, -0.1) is 11.8 Å². The molecule has 1 unspecified atom stereocenters. The number of aryl methyl sites for hydroxylation is 1. The lowest BCUT2D eigenvalue weighted by Crippen LogP contribution is -2.05. The zero-order valence-corrected chi connectivity index (χ0v) is 15.0. The van der Waals surface area contributed by atoms with Crippen molar-refractivity contribution in [1.29, 1.82) is 0 Å². The van der Waals surface area contributed by atoms with Crippen molar-refractivity contribution in [2.24, 2.45) is 7.05 Å². The first kappa shape index (κ1) is 18.4. The Hall–Kier alpha value is -2.39. The highest BCUT2D eigenvalue weighted by Gasteiger charge is 2.20. The smallest absolute Gasteiger partial charge is 0.387 e. The van der Waals surface area contributed by atoms with Crippen LogP contribution in [0.1, 0.15) is 6.92 Å². The van der Waals surface area contributed by atoms with Crippen molar-refractivity contribution in [1.82, 2.24) is 19.6 Å². The number of ether oxygens (including phenoxy) is 1. The summed E-state index contributed by atoms with van der Waals surface area (Å²) in [5, 5.41) is 17.8. The molecule has 1 N–H and O–H groups in total. The van der Waals surface area contributed by atoms with E-state index in [0.717, 1.165) is 4.90 Å². The van der Waals surface area contributed by atoms with E-state index in [-0.39, 0.29) is 17.6 Å². The van der Waals surface area contributed by atoms with E-state index in [1.54, 1.807) is 53.2 Å². The van der Waals surface area contributed by atoms with Crippen LogP contribution in [0.15, 0.2) is 47.8 Å². The SMILES string of the molecule is CC(CO)Sc1ccc(OC(F)F)c(-c2nn(C)cc2-n2cccn2)c1. The molecule has 1 atom stereocenters. The maximum absolute atomic E-state index is 12.9. The molecule has 2 heterocycles. The van der Waals surface area contributed by atoms with Gasteiger partial charge in [-0.2, -0.15) is 19.0 Å². The van der Waals surface area contributed by atoms with E-state index < -0.39 is 6.61 Å². The molecular weight excluding hydrogens is 362 g/mol. The van der Waals surface area contributed by atoms with Gasteiger partial charge in [0.25, 0.3) is 0 Å². The van der Waals surface area contributed by atoms with Crippen LogP contribution in [0.4, 0.5) is 8.78 Å². The van der Waals surface area contributed by atoms with Gasteiger partial charge in [-0.3, -0.25) is 4.68 Å². The molecule has 1 aromatic carbocycles. The Kier molecular flexibility index (Phi) is 5.58. The molecule has 0 aliphatic rings. The standard InChI is InChI=1S/C17H18F2N4O2S/c1-11(10-24)26-12-4-5-15(25-17(18)19)13(8-12)16-14(9-22(2)21-16)23-7-3-6-20-23/h3-9,11,17,24H,10H2,1-2H3. The van der Waals surface area contributed by atoms with Crippen molar-refractivity contribution >= 4 is 11.8 Å². The van der Waals surface area contributed by atoms with Crippen LogP contribution in [0.5, 0.6) is 5.75 Å². The number of benzene rings is 1. The number of aliphatic hydroxyl groups excluding tert-OH is 1. The Balaban J connectivity index is 2.11. The topological polar surface area (TPSA) is 65.1 Å². The normalized spacial score (nSPS) is 12.5. The van der Waals surface area contributed by atoms with Crippen LogP contribution in [0.3, 0.4) is 0 Å². The number of aliphatic hydroxyl groups is 1. The molecule has 0 fully saturated rings. The first-order valence-corrected chi connectivity index (χ1v) is 8.76. The number of hydrogen-bond acceptors (Lipinski definition) is 5. The highest BCUT2D eigenvalue weighted by atomic mass is 32.2.